The number of carbonyl (C=O) groups is 1. The van der Waals surface area contributed by atoms with Crippen molar-refractivity contribution in [1.82, 2.24) is 4.57 Å². The van der Waals surface area contributed by atoms with Crippen LogP contribution < -0.4 is 0 Å². The van der Waals surface area contributed by atoms with Crippen molar-refractivity contribution in [2.75, 3.05) is 6.61 Å². The van der Waals surface area contributed by atoms with Crippen molar-refractivity contribution in [2.24, 2.45) is 0 Å². The van der Waals surface area contributed by atoms with Crippen molar-refractivity contribution >= 4 is 16.9 Å². The molecule has 3 rings (SSSR count). The molecule has 4 heteroatoms. The third kappa shape index (κ3) is 3.27. The fraction of sp³-hybridized carbons (Fsp3) is 0.471. The van der Waals surface area contributed by atoms with Crippen LogP contribution in [0.4, 0.5) is 0 Å². The molecule has 0 radical (unpaired) electrons. The van der Waals surface area contributed by atoms with Crippen molar-refractivity contribution in [1.29, 1.82) is 0 Å². The lowest BCUT2D eigenvalue weighted by molar-refractivity contribution is -0.136. The summed E-state index contributed by atoms with van der Waals surface area (Å²) < 4.78 is 7.93. The van der Waals surface area contributed by atoms with Gasteiger partial charge in [-0.25, -0.2) is 0 Å². The van der Waals surface area contributed by atoms with Crippen molar-refractivity contribution < 1.29 is 14.6 Å². The number of nitrogens with zero attached hydrogens (tertiary/aromatic N) is 1. The number of carboxylic acids is 1. The lowest BCUT2D eigenvalue weighted by Crippen LogP contribution is -2.09. The Labute approximate surface area is 124 Å². The molecule has 1 aliphatic rings. The number of aromatic nitrogens is 1. The number of para-hydroxylation sites is 1. The number of hydrogen-bond donors (Lipinski definition) is 1. The molecular weight excluding hydrogens is 266 g/mol. The molecule has 0 bridgehead atoms. The summed E-state index contributed by atoms with van der Waals surface area (Å²) in [5.74, 6) is -0.744. The zero-order valence-corrected chi connectivity index (χ0v) is 12.1. The van der Waals surface area contributed by atoms with E-state index in [1.165, 1.54) is 17.3 Å². The van der Waals surface area contributed by atoms with Gasteiger partial charge in [0, 0.05) is 36.7 Å². The summed E-state index contributed by atoms with van der Waals surface area (Å²) in [6, 6.07) is 8.23. The van der Waals surface area contributed by atoms with Gasteiger partial charge in [0.2, 0.25) is 0 Å². The molecule has 112 valence electrons. The van der Waals surface area contributed by atoms with Crippen LogP contribution in [-0.2, 0) is 22.5 Å². The molecule has 2 aromatic rings. The molecule has 0 aliphatic carbocycles. The Morgan fingerprint density at radius 2 is 2.24 bits per heavy atom. The smallest absolute Gasteiger partial charge is 0.303 e. The van der Waals surface area contributed by atoms with E-state index in [0.717, 1.165) is 31.6 Å². The molecular formula is C17H21NO3. The highest BCUT2D eigenvalue weighted by Crippen LogP contribution is 2.24. The zero-order valence-electron chi connectivity index (χ0n) is 12.1. The van der Waals surface area contributed by atoms with E-state index in [4.69, 9.17) is 9.84 Å². The van der Waals surface area contributed by atoms with E-state index in [1.54, 1.807) is 0 Å². The van der Waals surface area contributed by atoms with Gasteiger partial charge in [-0.15, -0.1) is 0 Å². The maximum atomic E-state index is 10.8. The quantitative estimate of drug-likeness (QED) is 0.887. The number of hydrogen-bond acceptors (Lipinski definition) is 2. The summed E-state index contributed by atoms with van der Waals surface area (Å²) in [6.45, 7) is 1.82. The van der Waals surface area contributed by atoms with Crippen molar-refractivity contribution in [2.45, 2.75) is 44.8 Å². The Hall–Kier alpha value is -1.81. The summed E-state index contributed by atoms with van der Waals surface area (Å²) in [6.07, 6.45) is 6.61. The molecule has 1 atom stereocenters. The third-order valence-electron chi connectivity index (χ3n) is 4.20. The minimum absolute atomic E-state index is 0.180. The highest BCUT2D eigenvalue weighted by molar-refractivity contribution is 5.84. The fourth-order valence-electron chi connectivity index (χ4n) is 3.10. The monoisotopic (exact) mass is 287 g/mol. The molecule has 21 heavy (non-hydrogen) atoms. The molecule has 1 saturated heterocycles. The Bertz CT molecular complexity index is 626. The minimum Gasteiger partial charge on any atom is -0.481 e. The van der Waals surface area contributed by atoms with Crippen LogP contribution in [0.3, 0.4) is 0 Å². The molecule has 1 aromatic heterocycles. The van der Waals surface area contributed by atoms with Gasteiger partial charge in [0.25, 0.3) is 0 Å². The first-order chi connectivity index (χ1) is 10.2. The first kappa shape index (κ1) is 14.1. The Balaban J connectivity index is 1.78. The van der Waals surface area contributed by atoms with Gasteiger partial charge in [-0.05, 0) is 37.3 Å². The van der Waals surface area contributed by atoms with Crippen molar-refractivity contribution in [3.8, 4) is 0 Å². The van der Waals surface area contributed by atoms with E-state index in [9.17, 15) is 4.79 Å². The van der Waals surface area contributed by atoms with Crippen LogP contribution >= 0.6 is 0 Å². The van der Waals surface area contributed by atoms with Gasteiger partial charge in [0.1, 0.15) is 0 Å². The Morgan fingerprint density at radius 3 is 3.00 bits per heavy atom. The maximum absolute atomic E-state index is 10.8. The molecule has 1 fully saturated rings. The molecule has 1 aromatic carbocycles. The largest absolute Gasteiger partial charge is 0.481 e. The lowest BCUT2D eigenvalue weighted by atomic mass is 10.1. The first-order valence-electron chi connectivity index (χ1n) is 7.64. The van der Waals surface area contributed by atoms with Crippen LogP contribution in [0.1, 0.15) is 31.2 Å². The summed E-state index contributed by atoms with van der Waals surface area (Å²) in [7, 11) is 0. The second-order valence-corrected chi connectivity index (χ2v) is 5.68. The average Bonchev–Trinajstić information content (AvgIpc) is 3.11. The van der Waals surface area contributed by atoms with Crippen LogP contribution in [-0.4, -0.2) is 28.4 Å². The standard InChI is InChI=1S/C17H21NO3/c19-17(20)8-7-13-12-18(10-9-14-4-3-11-21-14)16-6-2-1-5-15(13)16/h1-2,5-6,12,14H,3-4,7-11H2,(H,19,20). The molecule has 1 aliphatic heterocycles. The van der Waals surface area contributed by atoms with E-state index in [2.05, 4.69) is 22.9 Å². The molecule has 0 amide bonds. The number of aliphatic carboxylic acids is 1. The summed E-state index contributed by atoms with van der Waals surface area (Å²) in [5, 5.41) is 10.0. The molecule has 1 N–H and O–H groups in total. The lowest BCUT2D eigenvalue weighted by Gasteiger charge is -2.10. The molecule has 0 spiro atoms. The fourth-order valence-corrected chi connectivity index (χ4v) is 3.10. The zero-order chi connectivity index (χ0) is 14.7. The first-order valence-corrected chi connectivity index (χ1v) is 7.64. The van der Waals surface area contributed by atoms with E-state index >= 15 is 0 Å². The number of rotatable bonds is 6. The number of ether oxygens (including phenoxy) is 1. The molecule has 2 heterocycles. The highest BCUT2D eigenvalue weighted by Gasteiger charge is 2.16. The van der Waals surface area contributed by atoms with Gasteiger partial charge in [0.15, 0.2) is 0 Å². The van der Waals surface area contributed by atoms with Gasteiger partial charge < -0.3 is 14.4 Å². The SMILES string of the molecule is O=C(O)CCc1cn(CCC2CCCO2)c2ccccc12. The van der Waals surface area contributed by atoms with Crippen LogP contribution in [0.25, 0.3) is 10.9 Å². The number of aryl methyl sites for hydroxylation is 2. The topological polar surface area (TPSA) is 51.5 Å². The Morgan fingerprint density at radius 1 is 1.38 bits per heavy atom. The number of benzene rings is 1. The molecule has 4 nitrogen and oxygen atoms in total. The van der Waals surface area contributed by atoms with E-state index in [-0.39, 0.29) is 6.42 Å². The van der Waals surface area contributed by atoms with Crippen molar-refractivity contribution in [3.05, 3.63) is 36.0 Å². The van der Waals surface area contributed by atoms with Gasteiger partial charge >= 0.3 is 5.97 Å². The predicted octanol–water partition coefficient (Wildman–Crippen LogP) is 3.23. The minimum atomic E-state index is -0.744. The molecule has 0 saturated carbocycles. The normalized spacial score (nSPS) is 18.4. The van der Waals surface area contributed by atoms with Gasteiger partial charge in [0.05, 0.1) is 6.10 Å². The van der Waals surface area contributed by atoms with E-state index < -0.39 is 5.97 Å². The third-order valence-corrected chi connectivity index (χ3v) is 4.20. The van der Waals surface area contributed by atoms with Crippen molar-refractivity contribution in [3.63, 3.8) is 0 Å². The number of fused-ring (bicyclic) bond motifs is 1. The van der Waals surface area contributed by atoms with Gasteiger partial charge in [-0.2, -0.15) is 0 Å². The van der Waals surface area contributed by atoms with Crippen LogP contribution in [0, 0.1) is 0 Å². The number of carboxylic acid groups (broad SMARTS) is 1. The predicted molar refractivity (Wildman–Crippen MR) is 81.5 cm³/mol. The van der Waals surface area contributed by atoms with Gasteiger partial charge in [-0.1, -0.05) is 18.2 Å². The second kappa shape index (κ2) is 6.31. The molecule has 1 unspecified atom stereocenters. The van der Waals surface area contributed by atoms with Crippen LogP contribution in [0.15, 0.2) is 30.5 Å². The van der Waals surface area contributed by atoms with Crippen LogP contribution in [0.5, 0.6) is 0 Å². The van der Waals surface area contributed by atoms with E-state index in [0.29, 0.717) is 12.5 Å². The highest BCUT2D eigenvalue weighted by atomic mass is 16.5. The van der Waals surface area contributed by atoms with Gasteiger partial charge in [-0.3, -0.25) is 4.79 Å². The summed E-state index contributed by atoms with van der Waals surface area (Å²) in [5.41, 5.74) is 2.32. The second-order valence-electron chi connectivity index (χ2n) is 5.68. The Kier molecular flexibility index (Phi) is 4.25. The van der Waals surface area contributed by atoms with Crippen LogP contribution in [0.2, 0.25) is 0 Å². The maximum Gasteiger partial charge on any atom is 0.303 e. The van der Waals surface area contributed by atoms with E-state index in [1.807, 2.05) is 12.1 Å². The summed E-state index contributed by atoms with van der Waals surface area (Å²) in [4.78, 5) is 10.8. The summed E-state index contributed by atoms with van der Waals surface area (Å²) >= 11 is 0. The average molecular weight is 287 g/mol.